The Morgan fingerprint density at radius 3 is 2.59 bits per heavy atom. The summed E-state index contributed by atoms with van der Waals surface area (Å²) in [5, 5.41) is 9.15. The number of benzene rings is 2. The summed E-state index contributed by atoms with van der Waals surface area (Å²) in [5.41, 5.74) is -0.681. The zero-order valence-corrected chi connectivity index (χ0v) is 16.7. The second kappa shape index (κ2) is 9.34. The Morgan fingerprint density at radius 1 is 1.25 bits per heavy atom. The van der Waals surface area contributed by atoms with E-state index in [2.05, 4.69) is 21.5 Å². The summed E-state index contributed by atoms with van der Waals surface area (Å²) in [6.07, 6.45) is 1.52. The van der Waals surface area contributed by atoms with Gasteiger partial charge in [0.2, 0.25) is 5.95 Å². The highest BCUT2D eigenvalue weighted by Gasteiger charge is 2.41. The summed E-state index contributed by atoms with van der Waals surface area (Å²) in [6.45, 7) is 0.0369. The standard InChI is InChI=1S/C22H16F4N4O2/c1-3-12-32-27-13-14-8-10-15(11-9-14)16-6-4-5-7-17(16)28-21(31)18-19(22(24,25)26)29-30(2)20(18)23/h1,4-11,13H,12H2,2H3,(H,28,31)/b27-13-. The Bertz CT molecular complexity index is 1190. The Kier molecular flexibility index (Phi) is 6.59. The van der Waals surface area contributed by atoms with Gasteiger partial charge in [-0.1, -0.05) is 53.5 Å². The molecule has 1 amide bonds. The van der Waals surface area contributed by atoms with E-state index in [9.17, 15) is 22.4 Å². The van der Waals surface area contributed by atoms with Crippen LogP contribution < -0.4 is 5.32 Å². The summed E-state index contributed by atoms with van der Waals surface area (Å²) in [6, 6.07) is 13.3. The molecule has 2 aromatic carbocycles. The van der Waals surface area contributed by atoms with Gasteiger partial charge >= 0.3 is 6.18 Å². The molecule has 0 spiro atoms. The molecule has 1 N–H and O–H groups in total. The predicted molar refractivity (Wildman–Crippen MR) is 110 cm³/mol. The molecule has 32 heavy (non-hydrogen) atoms. The molecule has 3 aromatic rings. The number of anilines is 1. The molecule has 0 unspecified atom stereocenters. The maximum Gasteiger partial charge on any atom is 0.436 e. The van der Waals surface area contributed by atoms with Gasteiger partial charge in [-0.15, -0.1) is 6.42 Å². The van der Waals surface area contributed by atoms with Gasteiger partial charge in [-0.05, 0) is 17.2 Å². The number of para-hydroxylation sites is 1. The number of terminal acetylenes is 1. The summed E-state index contributed by atoms with van der Waals surface area (Å²) in [4.78, 5) is 17.4. The maximum absolute atomic E-state index is 14.2. The summed E-state index contributed by atoms with van der Waals surface area (Å²) in [7, 11) is 0.984. The summed E-state index contributed by atoms with van der Waals surface area (Å²) < 4.78 is 54.2. The molecular formula is C22H16F4N4O2. The van der Waals surface area contributed by atoms with Gasteiger partial charge in [-0.3, -0.25) is 4.79 Å². The molecule has 1 heterocycles. The fourth-order valence-corrected chi connectivity index (χ4v) is 2.85. The summed E-state index contributed by atoms with van der Waals surface area (Å²) >= 11 is 0. The molecule has 0 radical (unpaired) electrons. The number of hydrogen-bond acceptors (Lipinski definition) is 4. The first-order valence-corrected chi connectivity index (χ1v) is 9.11. The van der Waals surface area contributed by atoms with Crippen molar-refractivity contribution in [2.45, 2.75) is 6.18 Å². The number of nitrogens with zero attached hydrogens (tertiary/aromatic N) is 3. The summed E-state index contributed by atoms with van der Waals surface area (Å²) in [5.74, 6) is -0.373. The number of carbonyl (C=O) groups is 1. The fraction of sp³-hybridized carbons (Fsp3) is 0.136. The van der Waals surface area contributed by atoms with Crippen LogP contribution in [0.3, 0.4) is 0 Å². The number of hydrogen-bond donors (Lipinski definition) is 1. The number of nitrogens with one attached hydrogen (secondary N) is 1. The molecule has 0 aliphatic rings. The average Bonchev–Trinajstić information content (AvgIpc) is 3.07. The molecule has 1 aromatic heterocycles. The minimum Gasteiger partial charge on any atom is -0.383 e. The average molecular weight is 444 g/mol. The first-order valence-electron chi connectivity index (χ1n) is 9.11. The molecule has 0 saturated heterocycles. The van der Waals surface area contributed by atoms with Crippen LogP contribution in [0.25, 0.3) is 11.1 Å². The molecule has 164 valence electrons. The maximum atomic E-state index is 14.2. The zero-order chi connectivity index (χ0) is 23.3. The van der Waals surface area contributed by atoms with Crippen molar-refractivity contribution in [2.24, 2.45) is 12.2 Å². The van der Waals surface area contributed by atoms with Crippen LogP contribution in [0.15, 0.2) is 53.7 Å². The van der Waals surface area contributed by atoms with E-state index in [0.717, 1.165) is 7.05 Å². The second-order valence-corrected chi connectivity index (χ2v) is 6.47. The van der Waals surface area contributed by atoms with Gasteiger partial charge in [0.05, 0.1) is 6.21 Å². The van der Waals surface area contributed by atoms with Crippen LogP contribution in [-0.2, 0) is 18.1 Å². The lowest BCUT2D eigenvalue weighted by Crippen LogP contribution is -2.19. The van der Waals surface area contributed by atoms with E-state index >= 15 is 0 Å². The largest absolute Gasteiger partial charge is 0.436 e. The molecule has 10 heteroatoms. The van der Waals surface area contributed by atoms with Gasteiger partial charge in [0.1, 0.15) is 5.56 Å². The molecule has 0 fully saturated rings. The molecule has 0 atom stereocenters. The molecule has 0 saturated carbocycles. The third kappa shape index (κ3) is 4.95. The number of alkyl halides is 3. The molecule has 0 bridgehead atoms. The van der Waals surface area contributed by atoms with E-state index < -0.39 is 29.3 Å². The van der Waals surface area contributed by atoms with Crippen LogP contribution in [0.2, 0.25) is 0 Å². The van der Waals surface area contributed by atoms with Crippen LogP contribution >= 0.6 is 0 Å². The number of aryl methyl sites for hydroxylation is 1. The van der Waals surface area contributed by atoms with Gasteiger partial charge in [0, 0.05) is 18.3 Å². The highest BCUT2D eigenvalue weighted by molar-refractivity contribution is 6.07. The normalized spacial score (nSPS) is 11.4. The highest BCUT2D eigenvalue weighted by Crippen LogP contribution is 2.33. The van der Waals surface area contributed by atoms with Crippen molar-refractivity contribution in [3.63, 3.8) is 0 Å². The third-order valence-electron chi connectivity index (χ3n) is 4.29. The molecule has 6 nitrogen and oxygen atoms in total. The smallest absolute Gasteiger partial charge is 0.383 e. The zero-order valence-electron chi connectivity index (χ0n) is 16.7. The molecule has 0 aliphatic heterocycles. The number of aromatic nitrogens is 2. The van der Waals surface area contributed by atoms with Gasteiger partial charge in [0.15, 0.2) is 12.3 Å². The van der Waals surface area contributed by atoms with Crippen molar-refractivity contribution >= 4 is 17.8 Å². The van der Waals surface area contributed by atoms with Crippen molar-refractivity contribution in [3.8, 4) is 23.5 Å². The SMILES string of the molecule is C#CCO/N=C\c1ccc(-c2ccccc2NC(=O)c2c(C(F)(F)F)nn(C)c2F)cc1. The van der Waals surface area contributed by atoms with E-state index in [0.29, 0.717) is 21.4 Å². The topological polar surface area (TPSA) is 68.5 Å². The lowest BCUT2D eigenvalue weighted by Gasteiger charge is -2.12. The number of carbonyl (C=O) groups excluding carboxylic acids is 1. The van der Waals surface area contributed by atoms with Crippen LogP contribution in [0, 0.1) is 18.3 Å². The van der Waals surface area contributed by atoms with Crippen LogP contribution in [0.5, 0.6) is 0 Å². The van der Waals surface area contributed by atoms with Gasteiger partial charge in [-0.25, -0.2) is 4.68 Å². The fourth-order valence-electron chi connectivity index (χ4n) is 2.85. The number of amides is 1. The van der Waals surface area contributed by atoms with Crippen molar-refractivity contribution in [3.05, 3.63) is 71.3 Å². The van der Waals surface area contributed by atoms with E-state index in [1.807, 2.05) is 0 Å². The van der Waals surface area contributed by atoms with E-state index in [1.165, 1.54) is 12.3 Å². The molecule has 3 rings (SSSR count). The molecule has 0 aliphatic carbocycles. The van der Waals surface area contributed by atoms with Crippen molar-refractivity contribution < 1.29 is 27.2 Å². The second-order valence-electron chi connectivity index (χ2n) is 6.47. The highest BCUT2D eigenvalue weighted by atomic mass is 19.4. The minimum atomic E-state index is -4.99. The lowest BCUT2D eigenvalue weighted by atomic mass is 10.0. The van der Waals surface area contributed by atoms with Crippen molar-refractivity contribution in [1.82, 2.24) is 9.78 Å². The Hall–Kier alpha value is -4.13. The van der Waals surface area contributed by atoms with Gasteiger partial charge in [-0.2, -0.15) is 22.7 Å². The van der Waals surface area contributed by atoms with Crippen molar-refractivity contribution in [1.29, 1.82) is 0 Å². The van der Waals surface area contributed by atoms with Crippen LogP contribution in [0.1, 0.15) is 21.6 Å². The van der Waals surface area contributed by atoms with Crippen LogP contribution in [0.4, 0.5) is 23.2 Å². The van der Waals surface area contributed by atoms with Crippen LogP contribution in [-0.4, -0.2) is 28.5 Å². The minimum absolute atomic E-state index is 0.0369. The van der Waals surface area contributed by atoms with Gasteiger partial charge in [0.25, 0.3) is 5.91 Å². The number of oxime groups is 1. The predicted octanol–water partition coefficient (Wildman–Crippen LogP) is 4.48. The quantitative estimate of drug-likeness (QED) is 0.200. The number of rotatable bonds is 6. The lowest BCUT2D eigenvalue weighted by molar-refractivity contribution is -0.141. The van der Waals surface area contributed by atoms with Crippen molar-refractivity contribution in [2.75, 3.05) is 11.9 Å². The first-order chi connectivity index (χ1) is 15.2. The Balaban J connectivity index is 1.88. The monoisotopic (exact) mass is 444 g/mol. The Morgan fingerprint density at radius 2 is 1.94 bits per heavy atom. The van der Waals surface area contributed by atoms with E-state index in [-0.39, 0.29) is 12.3 Å². The van der Waals surface area contributed by atoms with Gasteiger partial charge < -0.3 is 10.2 Å². The van der Waals surface area contributed by atoms with E-state index in [1.54, 1.807) is 42.5 Å². The van der Waals surface area contributed by atoms with E-state index in [4.69, 9.17) is 11.3 Å². The number of halogens is 4. The Labute approximate surface area is 180 Å². The third-order valence-corrected chi connectivity index (χ3v) is 4.29. The molecular weight excluding hydrogens is 428 g/mol. The first kappa shape index (κ1) is 22.6.